The Bertz CT molecular complexity index is 1190. The van der Waals surface area contributed by atoms with E-state index in [9.17, 15) is 9.59 Å². The van der Waals surface area contributed by atoms with E-state index in [4.69, 9.17) is 4.74 Å². The lowest BCUT2D eigenvalue weighted by atomic mass is 9.60. The van der Waals surface area contributed by atoms with Gasteiger partial charge in [0.15, 0.2) is 0 Å². The third-order valence-corrected chi connectivity index (χ3v) is 7.13. The highest BCUT2D eigenvalue weighted by Gasteiger charge is 2.63. The zero-order valence-corrected chi connectivity index (χ0v) is 17.5. The minimum absolute atomic E-state index is 0.0266. The number of ether oxygens (including phenoxy) is 1. The first-order chi connectivity index (χ1) is 15.7. The first-order valence-corrected chi connectivity index (χ1v) is 11.1. The van der Waals surface area contributed by atoms with Crippen LogP contribution in [0.3, 0.4) is 0 Å². The second-order valence-electron chi connectivity index (χ2n) is 8.81. The first-order valence-electron chi connectivity index (χ1n) is 11.1. The quantitative estimate of drug-likeness (QED) is 0.455. The predicted octanol–water partition coefficient (Wildman–Crippen LogP) is 4.64. The van der Waals surface area contributed by atoms with Crippen LogP contribution in [0.4, 0.5) is 0 Å². The molecule has 0 saturated carbocycles. The molecule has 1 aliphatic carbocycles. The van der Waals surface area contributed by atoms with E-state index >= 15 is 0 Å². The van der Waals surface area contributed by atoms with Gasteiger partial charge in [0.1, 0.15) is 0 Å². The van der Waals surface area contributed by atoms with Gasteiger partial charge in [0.05, 0.1) is 11.8 Å². The number of rotatable bonds is 4. The number of nitrogens with zero attached hydrogens (tertiary/aromatic N) is 1. The number of fused-ring (bicyclic) bond motifs is 1. The molecule has 4 aliphatic rings. The molecule has 158 valence electrons. The van der Waals surface area contributed by atoms with Gasteiger partial charge in [-0.15, -0.1) is 0 Å². The average Bonchev–Trinajstić information content (AvgIpc) is 3.16. The molecular weight excluding hydrogens is 398 g/mol. The van der Waals surface area contributed by atoms with Gasteiger partial charge in [0, 0.05) is 24.5 Å². The number of carbonyl (C=O) groups excluding carboxylic acids is 2. The Morgan fingerprint density at radius 1 is 0.688 bits per heavy atom. The Hall–Kier alpha value is -3.50. The van der Waals surface area contributed by atoms with Crippen LogP contribution >= 0.6 is 0 Å². The molecular formula is C28H23NO3. The first kappa shape index (κ1) is 19.2. The van der Waals surface area contributed by atoms with Crippen molar-refractivity contribution in [3.05, 3.63) is 114 Å². The van der Waals surface area contributed by atoms with Crippen molar-refractivity contribution >= 4 is 17.5 Å². The van der Waals surface area contributed by atoms with E-state index in [0.717, 1.165) is 16.7 Å². The fourth-order valence-corrected chi connectivity index (χ4v) is 5.87. The normalized spacial score (nSPS) is 28.9. The highest BCUT2D eigenvalue weighted by atomic mass is 16.6. The van der Waals surface area contributed by atoms with Crippen LogP contribution in [0.25, 0.3) is 5.57 Å². The van der Waals surface area contributed by atoms with Crippen LogP contribution in [0.1, 0.15) is 22.7 Å². The molecule has 3 heterocycles. The molecule has 2 bridgehead atoms. The Morgan fingerprint density at radius 3 is 1.97 bits per heavy atom. The van der Waals surface area contributed by atoms with Gasteiger partial charge in [-0.1, -0.05) is 97.1 Å². The lowest BCUT2D eigenvalue weighted by Gasteiger charge is -2.54. The number of esters is 2. The van der Waals surface area contributed by atoms with E-state index in [2.05, 4.69) is 47.4 Å². The van der Waals surface area contributed by atoms with E-state index < -0.39 is 11.8 Å². The van der Waals surface area contributed by atoms with E-state index in [0.29, 0.717) is 6.54 Å². The number of benzene rings is 3. The summed E-state index contributed by atoms with van der Waals surface area (Å²) in [7, 11) is 0. The van der Waals surface area contributed by atoms with Crippen LogP contribution in [0.5, 0.6) is 0 Å². The number of hydrogen-bond acceptors (Lipinski definition) is 4. The molecule has 0 radical (unpaired) electrons. The zero-order chi connectivity index (χ0) is 21.7. The third kappa shape index (κ3) is 2.94. The van der Waals surface area contributed by atoms with Gasteiger partial charge < -0.3 is 4.74 Å². The van der Waals surface area contributed by atoms with E-state index in [1.54, 1.807) is 0 Å². The lowest BCUT2D eigenvalue weighted by molar-refractivity contribution is -0.153. The maximum absolute atomic E-state index is 12.9. The largest absolute Gasteiger partial charge is 0.393 e. The Morgan fingerprint density at radius 2 is 1.28 bits per heavy atom. The van der Waals surface area contributed by atoms with Crippen molar-refractivity contribution in [1.82, 2.24) is 4.90 Å². The second-order valence-corrected chi connectivity index (χ2v) is 8.81. The molecule has 3 aromatic rings. The Kier molecular flexibility index (Phi) is 4.54. The van der Waals surface area contributed by atoms with Crippen molar-refractivity contribution in [2.24, 2.45) is 17.8 Å². The summed E-state index contributed by atoms with van der Waals surface area (Å²) in [5.74, 6) is -1.83. The average molecular weight is 421 g/mol. The molecule has 7 rings (SSSR count). The molecule has 0 N–H and O–H groups in total. The Labute approximate surface area is 187 Å². The topological polar surface area (TPSA) is 46.6 Å². The van der Waals surface area contributed by atoms with Crippen molar-refractivity contribution < 1.29 is 14.3 Å². The van der Waals surface area contributed by atoms with Crippen molar-refractivity contribution in [2.75, 3.05) is 0 Å². The molecule has 4 nitrogen and oxygen atoms in total. The molecule has 0 spiro atoms. The van der Waals surface area contributed by atoms with Gasteiger partial charge in [-0.05, 0) is 22.3 Å². The molecule has 32 heavy (non-hydrogen) atoms. The fraction of sp³-hybridized carbons (Fsp3) is 0.214. The summed E-state index contributed by atoms with van der Waals surface area (Å²) in [5.41, 5.74) is 4.59. The van der Waals surface area contributed by atoms with Gasteiger partial charge in [-0.25, -0.2) is 0 Å². The van der Waals surface area contributed by atoms with Gasteiger partial charge in [-0.2, -0.15) is 0 Å². The minimum atomic E-state index is -0.455. The standard InChI is InChI=1S/C28H23NO3/c30-27-24-22-16-21(19-12-6-2-7-13-19)23(25(24)28(31)32-27)26(20-14-8-3-9-15-20)29(22)17-18-10-4-1-5-11-18/h1-16,22-26H,17H2. The summed E-state index contributed by atoms with van der Waals surface area (Å²) in [5, 5.41) is 0. The zero-order valence-electron chi connectivity index (χ0n) is 17.5. The summed E-state index contributed by atoms with van der Waals surface area (Å²) in [4.78, 5) is 28.1. The minimum Gasteiger partial charge on any atom is -0.393 e. The van der Waals surface area contributed by atoms with Crippen LogP contribution in [0, 0.1) is 17.8 Å². The monoisotopic (exact) mass is 421 g/mol. The third-order valence-electron chi connectivity index (χ3n) is 7.13. The van der Waals surface area contributed by atoms with Crippen LogP contribution < -0.4 is 0 Å². The number of piperidine rings is 1. The van der Waals surface area contributed by atoms with Crippen molar-refractivity contribution in [2.45, 2.75) is 18.6 Å². The van der Waals surface area contributed by atoms with E-state index in [1.165, 1.54) is 5.56 Å². The Balaban J connectivity index is 1.54. The smallest absolute Gasteiger partial charge is 0.319 e. The summed E-state index contributed by atoms with van der Waals surface area (Å²) < 4.78 is 5.22. The molecule has 4 heteroatoms. The molecule has 0 amide bonds. The van der Waals surface area contributed by atoms with Crippen LogP contribution in [-0.4, -0.2) is 22.9 Å². The highest BCUT2D eigenvalue weighted by molar-refractivity contribution is 6.00. The van der Waals surface area contributed by atoms with Crippen molar-refractivity contribution in [3.8, 4) is 0 Å². The number of hydrogen-bond donors (Lipinski definition) is 0. The van der Waals surface area contributed by atoms with Gasteiger partial charge in [0.2, 0.25) is 0 Å². The molecule has 5 atom stereocenters. The maximum atomic E-state index is 12.9. The van der Waals surface area contributed by atoms with Crippen LogP contribution in [0.15, 0.2) is 97.1 Å². The van der Waals surface area contributed by atoms with Crippen LogP contribution in [0.2, 0.25) is 0 Å². The van der Waals surface area contributed by atoms with Gasteiger partial charge in [-0.3, -0.25) is 14.5 Å². The summed E-state index contributed by atoms with van der Waals surface area (Å²) in [6.07, 6.45) is 2.21. The summed E-state index contributed by atoms with van der Waals surface area (Å²) >= 11 is 0. The second kappa shape index (κ2) is 7.57. The van der Waals surface area contributed by atoms with Gasteiger partial charge >= 0.3 is 11.9 Å². The van der Waals surface area contributed by atoms with Crippen molar-refractivity contribution in [3.63, 3.8) is 0 Å². The number of cyclic esters (lactones) is 2. The fourth-order valence-electron chi connectivity index (χ4n) is 5.87. The maximum Gasteiger partial charge on any atom is 0.319 e. The van der Waals surface area contributed by atoms with Gasteiger partial charge in [0.25, 0.3) is 0 Å². The summed E-state index contributed by atoms with van der Waals surface area (Å²) in [6.45, 7) is 0.699. The molecule has 3 aromatic carbocycles. The van der Waals surface area contributed by atoms with Crippen LogP contribution in [-0.2, 0) is 20.9 Å². The molecule has 2 saturated heterocycles. The number of carbonyl (C=O) groups is 2. The predicted molar refractivity (Wildman–Crippen MR) is 121 cm³/mol. The SMILES string of the molecule is O=C1OC(=O)C2C1C1C(c3ccccc3)=CC2N(Cc2ccccc2)C1c1ccccc1. The molecule has 3 aliphatic heterocycles. The van der Waals surface area contributed by atoms with E-state index in [-0.39, 0.29) is 29.9 Å². The molecule has 0 aromatic heterocycles. The summed E-state index contributed by atoms with van der Waals surface area (Å²) in [6, 6.07) is 30.7. The van der Waals surface area contributed by atoms with Crippen molar-refractivity contribution in [1.29, 1.82) is 0 Å². The lowest BCUT2D eigenvalue weighted by Crippen LogP contribution is -2.58. The van der Waals surface area contributed by atoms with E-state index in [1.807, 2.05) is 54.6 Å². The molecule has 2 fully saturated rings. The molecule has 5 unspecified atom stereocenters. The highest BCUT2D eigenvalue weighted by Crippen LogP contribution is 2.58.